The van der Waals surface area contributed by atoms with E-state index < -0.39 is 11.9 Å². The molecular formula is C23H27BO5. The summed E-state index contributed by atoms with van der Waals surface area (Å²) in [6.45, 7) is 11.0. The monoisotopic (exact) mass is 394 g/mol. The van der Waals surface area contributed by atoms with Gasteiger partial charge in [-0.1, -0.05) is 37.4 Å². The lowest BCUT2D eigenvalue weighted by molar-refractivity contribution is -0.138. The van der Waals surface area contributed by atoms with Crippen molar-refractivity contribution in [3.05, 3.63) is 78.1 Å². The van der Waals surface area contributed by atoms with Gasteiger partial charge in [0, 0.05) is 18.1 Å². The van der Waals surface area contributed by atoms with E-state index in [-0.39, 0.29) is 12.4 Å². The van der Waals surface area contributed by atoms with Crippen LogP contribution < -0.4 is 10.2 Å². The molecule has 1 aromatic carbocycles. The van der Waals surface area contributed by atoms with Crippen LogP contribution in [0.3, 0.4) is 0 Å². The molecule has 0 aliphatic rings. The Hall–Kier alpha value is -3.28. The lowest BCUT2D eigenvalue weighted by Crippen LogP contribution is -2.07. The van der Waals surface area contributed by atoms with E-state index in [1.807, 2.05) is 39.0 Å². The first-order chi connectivity index (χ1) is 13.8. The van der Waals surface area contributed by atoms with Gasteiger partial charge >= 0.3 is 11.9 Å². The highest BCUT2D eigenvalue weighted by Crippen LogP contribution is 2.11. The van der Waals surface area contributed by atoms with Crippen LogP contribution in [0.5, 0.6) is 5.75 Å². The lowest BCUT2D eigenvalue weighted by atomic mass is 9.93. The fourth-order valence-electron chi connectivity index (χ4n) is 2.28. The molecule has 0 fully saturated rings. The molecule has 0 unspecified atom stereocenters. The summed E-state index contributed by atoms with van der Waals surface area (Å²) in [6.07, 6.45) is 8.78. The predicted molar refractivity (Wildman–Crippen MR) is 119 cm³/mol. The molecular weight excluding hydrogens is 367 g/mol. The third-order valence-corrected chi connectivity index (χ3v) is 3.89. The Labute approximate surface area is 173 Å². The van der Waals surface area contributed by atoms with Crippen LogP contribution in [0, 0.1) is 0 Å². The summed E-state index contributed by atoms with van der Waals surface area (Å²) in [7, 11) is 3.54. The van der Waals surface area contributed by atoms with Crippen molar-refractivity contribution in [2.24, 2.45) is 0 Å². The van der Waals surface area contributed by atoms with Crippen LogP contribution in [0.1, 0.15) is 25.8 Å². The van der Waals surface area contributed by atoms with Crippen LogP contribution in [0.15, 0.2) is 72.6 Å². The molecule has 0 amide bonds. The minimum atomic E-state index is -0.523. The summed E-state index contributed by atoms with van der Waals surface area (Å²) >= 11 is 0. The Morgan fingerprint density at radius 2 is 1.90 bits per heavy atom. The molecule has 0 atom stereocenters. The molecule has 152 valence electrons. The van der Waals surface area contributed by atoms with E-state index >= 15 is 0 Å². The van der Waals surface area contributed by atoms with Gasteiger partial charge in [0.1, 0.15) is 19.4 Å². The number of esters is 2. The largest absolute Gasteiger partial charge is 0.497 e. The average molecular weight is 394 g/mol. The van der Waals surface area contributed by atoms with Gasteiger partial charge in [-0.3, -0.25) is 0 Å². The molecule has 5 nitrogen and oxygen atoms in total. The molecule has 0 aromatic heterocycles. The molecule has 0 spiro atoms. The van der Waals surface area contributed by atoms with Crippen molar-refractivity contribution in [1.29, 1.82) is 0 Å². The highest BCUT2D eigenvalue weighted by atomic mass is 16.5. The first kappa shape index (κ1) is 23.8. The Balaban J connectivity index is 2.53. The highest BCUT2D eigenvalue weighted by molar-refractivity contribution is 6.34. The maximum atomic E-state index is 12.0. The number of hydrogen-bond donors (Lipinski definition) is 0. The van der Waals surface area contributed by atoms with Gasteiger partial charge in [0.25, 0.3) is 0 Å². The van der Waals surface area contributed by atoms with Crippen molar-refractivity contribution < 1.29 is 23.8 Å². The van der Waals surface area contributed by atoms with Crippen molar-refractivity contribution in [2.75, 3.05) is 13.7 Å². The number of hydrogen-bond acceptors (Lipinski definition) is 5. The normalized spacial score (nSPS) is 11.5. The van der Waals surface area contributed by atoms with Gasteiger partial charge in [-0.25, -0.2) is 9.59 Å². The molecule has 0 N–H and O–H groups in total. The van der Waals surface area contributed by atoms with Crippen LogP contribution in [0.4, 0.5) is 0 Å². The van der Waals surface area contributed by atoms with E-state index in [9.17, 15) is 9.59 Å². The fraction of sp³-hybridized carbons (Fsp3) is 0.217. The smallest absolute Gasteiger partial charge is 0.336 e. The minimum absolute atomic E-state index is 0.212. The molecule has 0 bridgehead atoms. The molecule has 1 rings (SSSR count). The highest BCUT2D eigenvalue weighted by Gasteiger charge is 2.04. The summed E-state index contributed by atoms with van der Waals surface area (Å²) in [5.41, 5.74) is 3.12. The molecule has 29 heavy (non-hydrogen) atoms. The van der Waals surface area contributed by atoms with Crippen LogP contribution in [-0.2, 0) is 19.1 Å². The zero-order valence-corrected chi connectivity index (χ0v) is 17.5. The summed E-state index contributed by atoms with van der Waals surface area (Å²) in [5, 5.41) is 0. The van der Waals surface area contributed by atoms with Crippen molar-refractivity contribution in [3.63, 3.8) is 0 Å². The number of carbonyl (C=O) groups is 2. The quantitative estimate of drug-likeness (QED) is 0.201. The molecule has 6 heteroatoms. The molecule has 0 saturated carbocycles. The maximum Gasteiger partial charge on any atom is 0.336 e. The third-order valence-electron chi connectivity index (χ3n) is 3.89. The Bertz CT molecular complexity index is 862. The SMILES string of the molecule is Bc1cc(/C=C/C(=O)OC(=C)/C=C\C(=C/C)CCOC(=O)C(=C)C)ccc1OC. The molecule has 0 saturated heterocycles. The Morgan fingerprint density at radius 3 is 2.48 bits per heavy atom. The standard InChI is InChI=1S/C23H27BO5/c1-6-18(13-14-28-23(26)16(2)3)8-7-17(4)29-22(25)12-10-19-9-11-21(27-5)20(24)15-19/h6-12,15H,2,4,13-14,24H2,1,3,5H3/b8-7-,12-10+,18-6+. The van der Waals surface area contributed by atoms with Gasteiger partial charge in [-0.2, -0.15) is 0 Å². The van der Waals surface area contributed by atoms with Gasteiger partial charge in [-0.15, -0.1) is 0 Å². The first-order valence-electron chi connectivity index (χ1n) is 9.16. The molecule has 0 aliphatic carbocycles. The zero-order chi connectivity index (χ0) is 21.8. The van der Waals surface area contributed by atoms with Crippen LogP contribution in [-0.4, -0.2) is 33.5 Å². The van der Waals surface area contributed by atoms with Gasteiger partial charge in [0.05, 0.1) is 13.7 Å². The maximum absolute atomic E-state index is 12.0. The van der Waals surface area contributed by atoms with Gasteiger partial charge in [0.2, 0.25) is 0 Å². The number of methoxy groups -OCH3 is 1. The van der Waals surface area contributed by atoms with E-state index in [0.29, 0.717) is 12.0 Å². The Morgan fingerprint density at radius 1 is 1.17 bits per heavy atom. The molecule has 1 aromatic rings. The second-order valence-corrected chi connectivity index (χ2v) is 6.31. The van der Waals surface area contributed by atoms with Crippen molar-refractivity contribution in [2.45, 2.75) is 20.3 Å². The summed E-state index contributed by atoms with van der Waals surface area (Å²) in [4.78, 5) is 23.3. The van der Waals surface area contributed by atoms with E-state index in [4.69, 9.17) is 14.2 Å². The van der Waals surface area contributed by atoms with Crippen molar-refractivity contribution in [1.82, 2.24) is 0 Å². The molecule has 0 heterocycles. The predicted octanol–water partition coefficient (Wildman–Crippen LogP) is 3.04. The molecule has 0 aliphatic heterocycles. The number of benzene rings is 1. The number of ether oxygens (including phenoxy) is 3. The van der Waals surface area contributed by atoms with Crippen molar-refractivity contribution in [3.8, 4) is 5.75 Å². The second kappa shape index (κ2) is 12.2. The fourth-order valence-corrected chi connectivity index (χ4v) is 2.28. The van der Waals surface area contributed by atoms with E-state index in [2.05, 4.69) is 13.2 Å². The third kappa shape index (κ3) is 8.97. The van der Waals surface area contributed by atoms with E-state index in [1.54, 1.807) is 32.3 Å². The number of allylic oxidation sites excluding steroid dienone is 3. The number of rotatable bonds is 10. The Kier molecular flexibility index (Phi) is 10.0. The summed E-state index contributed by atoms with van der Waals surface area (Å²) < 4.78 is 15.4. The van der Waals surface area contributed by atoms with Crippen molar-refractivity contribution >= 4 is 31.3 Å². The zero-order valence-electron chi connectivity index (χ0n) is 17.5. The second-order valence-electron chi connectivity index (χ2n) is 6.31. The van der Waals surface area contributed by atoms with E-state index in [0.717, 1.165) is 22.3 Å². The lowest BCUT2D eigenvalue weighted by Gasteiger charge is -2.06. The van der Waals surface area contributed by atoms with Gasteiger partial charge < -0.3 is 14.2 Å². The minimum Gasteiger partial charge on any atom is -0.497 e. The topological polar surface area (TPSA) is 61.8 Å². The van der Waals surface area contributed by atoms with Gasteiger partial charge in [0.15, 0.2) is 0 Å². The van der Waals surface area contributed by atoms with Gasteiger partial charge in [-0.05, 0) is 48.7 Å². The summed E-state index contributed by atoms with van der Waals surface area (Å²) in [6, 6.07) is 5.61. The average Bonchev–Trinajstić information content (AvgIpc) is 2.68. The summed E-state index contributed by atoms with van der Waals surface area (Å²) in [5.74, 6) is 0.0633. The first-order valence-corrected chi connectivity index (χ1v) is 9.16. The van der Waals surface area contributed by atoms with E-state index in [1.165, 1.54) is 6.08 Å². The van der Waals surface area contributed by atoms with Crippen LogP contribution in [0.25, 0.3) is 6.08 Å². The van der Waals surface area contributed by atoms with Crippen LogP contribution in [0.2, 0.25) is 0 Å². The van der Waals surface area contributed by atoms with Crippen LogP contribution >= 0.6 is 0 Å². The number of carbonyl (C=O) groups excluding carboxylic acids is 2. The molecule has 0 radical (unpaired) electrons.